The van der Waals surface area contributed by atoms with Crippen LogP contribution in [0, 0.1) is 29.3 Å². The summed E-state index contributed by atoms with van der Waals surface area (Å²) in [6.07, 6.45) is 1.92. The molecule has 206 valence electrons. The fourth-order valence-electron chi connectivity index (χ4n) is 5.70. The third-order valence-corrected chi connectivity index (χ3v) is 10.5. The number of fused-ring (bicyclic) bond motifs is 2. The lowest BCUT2D eigenvalue weighted by Crippen LogP contribution is -2.48. The van der Waals surface area contributed by atoms with E-state index in [9.17, 15) is 36.3 Å². The summed E-state index contributed by atoms with van der Waals surface area (Å²) < 4.78 is 67.5. The quantitative estimate of drug-likeness (QED) is 0.403. The second kappa shape index (κ2) is 10.6. The number of hydrogen-bond donors (Lipinski definition) is 3. The van der Waals surface area contributed by atoms with E-state index in [0.29, 0.717) is 25.0 Å². The van der Waals surface area contributed by atoms with Gasteiger partial charge in [0.05, 0.1) is 26.8 Å². The van der Waals surface area contributed by atoms with Crippen LogP contribution < -0.4 is 11.1 Å². The Morgan fingerprint density at radius 3 is 2.26 bits per heavy atom. The minimum Gasteiger partial charge on any atom is -0.389 e. The molecule has 0 aromatic heterocycles. The van der Waals surface area contributed by atoms with Crippen molar-refractivity contribution in [1.82, 2.24) is 0 Å². The minimum atomic E-state index is -4.04. The number of nitrogens with two attached hydrogens (primary N) is 1. The molecule has 0 radical (unpaired) electrons. The molecule has 0 heterocycles. The van der Waals surface area contributed by atoms with Crippen LogP contribution in [0.15, 0.2) is 35.2 Å². The van der Waals surface area contributed by atoms with Gasteiger partial charge in [-0.1, -0.05) is 11.6 Å². The second-order valence-corrected chi connectivity index (χ2v) is 12.8. The highest BCUT2D eigenvalue weighted by molar-refractivity contribution is 7.92. The summed E-state index contributed by atoms with van der Waals surface area (Å²) in [5.41, 5.74) is 4.00. The van der Waals surface area contributed by atoms with Gasteiger partial charge in [0.1, 0.15) is 5.78 Å². The number of carbonyl (C=O) groups excluding carboxylic acids is 2. The van der Waals surface area contributed by atoms with Gasteiger partial charge in [0.2, 0.25) is 0 Å². The first-order chi connectivity index (χ1) is 17.7. The highest BCUT2D eigenvalue weighted by atomic mass is 35.5. The number of rotatable bonds is 8. The maximum absolute atomic E-state index is 13.6. The molecule has 2 aliphatic rings. The van der Waals surface area contributed by atoms with Crippen molar-refractivity contribution in [2.75, 3.05) is 5.32 Å². The van der Waals surface area contributed by atoms with Gasteiger partial charge in [-0.2, -0.15) is 0 Å². The fourth-order valence-corrected chi connectivity index (χ4v) is 8.10. The summed E-state index contributed by atoms with van der Waals surface area (Å²) in [6.45, 7) is 1.58. The summed E-state index contributed by atoms with van der Waals surface area (Å²) in [6, 6.07) is 4.15. The van der Waals surface area contributed by atoms with E-state index < -0.39 is 50.1 Å². The van der Waals surface area contributed by atoms with Crippen LogP contribution >= 0.6 is 11.6 Å². The smallest absolute Gasteiger partial charge is 0.255 e. The molecule has 2 unspecified atom stereocenters. The van der Waals surface area contributed by atoms with Crippen molar-refractivity contribution in [2.24, 2.45) is 17.6 Å². The number of ketones is 1. The number of benzene rings is 2. The number of anilines is 1. The standard InChI is InChI=1S/C26H28ClF3N2O5S/c1-13(31)22(33)6-7-26(35)15-3-4-16(26)10-18(9-15)38(36,37)23-8-14(2-5-19(23)27)25(34)32-17-11-20(28)24(30)21(29)12-17/h2,5,8,11-13,15-16,18,35H,3-4,6-7,9-10,31H2,1H3,(H,32,34)/t13-,15?,16?,18?,26?/m0/s1. The van der Waals surface area contributed by atoms with E-state index >= 15 is 0 Å². The highest BCUT2D eigenvalue weighted by Crippen LogP contribution is 2.54. The van der Waals surface area contributed by atoms with E-state index in [0.717, 1.165) is 6.07 Å². The molecule has 2 saturated carbocycles. The van der Waals surface area contributed by atoms with Crippen molar-refractivity contribution in [3.63, 3.8) is 0 Å². The Kier molecular flexibility index (Phi) is 7.96. The average molecular weight is 573 g/mol. The number of amides is 1. The van der Waals surface area contributed by atoms with E-state index in [4.69, 9.17) is 17.3 Å². The third-order valence-electron chi connectivity index (χ3n) is 7.83. The van der Waals surface area contributed by atoms with Crippen LogP contribution in [0.25, 0.3) is 0 Å². The van der Waals surface area contributed by atoms with Gasteiger partial charge in [-0.3, -0.25) is 9.59 Å². The van der Waals surface area contributed by atoms with Gasteiger partial charge in [-0.15, -0.1) is 0 Å². The molecular weight excluding hydrogens is 545 g/mol. The first kappa shape index (κ1) is 28.5. The predicted octanol–water partition coefficient (Wildman–Crippen LogP) is 4.40. The van der Waals surface area contributed by atoms with Crippen LogP contribution in [-0.4, -0.2) is 42.1 Å². The third kappa shape index (κ3) is 5.34. The Balaban J connectivity index is 1.54. The molecule has 1 amide bonds. The molecule has 0 spiro atoms. The Morgan fingerprint density at radius 2 is 1.71 bits per heavy atom. The number of carbonyl (C=O) groups is 2. The minimum absolute atomic E-state index is 0.101. The Bertz CT molecular complexity index is 1350. The Hall–Kier alpha value is -2.47. The van der Waals surface area contributed by atoms with Crippen LogP contribution in [0.4, 0.5) is 18.9 Å². The van der Waals surface area contributed by atoms with Crippen molar-refractivity contribution in [3.05, 3.63) is 58.4 Å². The number of hydrogen-bond acceptors (Lipinski definition) is 6. The summed E-state index contributed by atoms with van der Waals surface area (Å²) in [4.78, 5) is 24.5. The van der Waals surface area contributed by atoms with Crippen LogP contribution in [0.3, 0.4) is 0 Å². The summed E-state index contributed by atoms with van der Waals surface area (Å²) in [5, 5.41) is 12.6. The van der Waals surface area contributed by atoms with Crippen molar-refractivity contribution in [1.29, 1.82) is 0 Å². The van der Waals surface area contributed by atoms with Gasteiger partial charge >= 0.3 is 0 Å². The van der Waals surface area contributed by atoms with Crippen molar-refractivity contribution in [2.45, 2.75) is 67.2 Å². The SMILES string of the molecule is C[C@H](N)C(=O)CCC1(O)C2CCC1CC(S(=O)(=O)c1cc(C(=O)Nc3cc(F)c(F)c(F)c3)ccc1Cl)C2. The van der Waals surface area contributed by atoms with Crippen molar-refractivity contribution in [3.8, 4) is 0 Å². The number of Topliss-reactive ketones (excluding diaryl/α,β-unsaturated/α-hetero) is 1. The molecule has 4 rings (SSSR count). The Labute approximate surface area is 223 Å². The molecule has 2 aromatic rings. The lowest BCUT2D eigenvalue weighted by Gasteiger charge is -2.42. The molecule has 2 fully saturated rings. The van der Waals surface area contributed by atoms with E-state index in [1.54, 1.807) is 6.92 Å². The van der Waals surface area contributed by atoms with E-state index in [2.05, 4.69) is 5.32 Å². The van der Waals surface area contributed by atoms with Gasteiger partial charge in [-0.25, -0.2) is 21.6 Å². The lowest BCUT2D eigenvalue weighted by molar-refractivity contribution is -0.123. The first-order valence-corrected chi connectivity index (χ1v) is 14.2. The number of sulfone groups is 1. The molecule has 12 heteroatoms. The monoisotopic (exact) mass is 572 g/mol. The van der Waals surface area contributed by atoms with Crippen LogP contribution in [0.1, 0.15) is 55.8 Å². The van der Waals surface area contributed by atoms with Crippen LogP contribution in [0.2, 0.25) is 5.02 Å². The maximum Gasteiger partial charge on any atom is 0.255 e. The zero-order valence-electron chi connectivity index (χ0n) is 20.5. The largest absolute Gasteiger partial charge is 0.389 e. The van der Waals surface area contributed by atoms with E-state index in [1.165, 1.54) is 12.1 Å². The molecule has 0 saturated heterocycles. The normalized spacial score (nSPS) is 25.7. The molecule has 2 aliphatic carbocycles. The molecule has 0 aliphatic heterocycles. The van der Waals surface area contributed by atoms with Crippen LogP contribution in [-0.2, 0) is 14.6 Å². The molecule has 38 heavy (non-hydrogen) atoms. The van der Waals surface area contributed by atoms with E-state index in [1.807, 2.05) is 0 Å². The molecule has 2 bridgehead atoms. The molecule has 2 aromatic carbocycles. The van der Waals surface area contributed by atoms with Gasteiger partial charge in [0.25, 0.3) is 5.91 Å². The molecule has 3 atom stereocenters. The zero-order valence-corrected chi connectivity index (χ0v) is 22.1. The van der Waals surface area contributed by atoms with Crippen molar-refractivity contribution >= 4 is 38.8 Å². The molecular formula is C26H28ClF3N2O5S. The predicted molar refractivity (Wildman–Crippen MR) is 135 cm³/mol. The van der Waals surface area contributed by atoms with Gasteiger partial charge in [0, 0.05) is 29.8 Å². The topological polar surface area (TPSA) is 127 Å². The van der Waals surface area contributed by atoms with Gasteiger partial charge in [0.15, 0.2) is 27.3 Å². The first-order valence-electron chi connectivity index (χ1n) is 12.2. The number of aliphatic hydroxyl groups is 1. The lowest BCUT2D eigenvalue weighted by atomic mass is 9.71. The number of halogens is 4. The summed E-state index contributed by atoms with van der Waals surface area (Å²) in [5.74, 6) is -6.36. The Morgan fingerprint density at radius 1 is 1.13 bits per heavy atom. The summed E-state index contributed by atoms with van der Waals surface area (Å²) >= 11 is 6.23. The fraction of sp³-hybridized carbons (Fsp3) is 0.462. The van der Waals surface area contributed by atoms with E-state index in [-0.39, 0.29) is 64.5 Å². The zero-order chi connectivity index (χ0) is 28.0. The van der Waals surface area contributed by atoms with Crippen LogP contribution in [0.5, 0.6) is 0 Å². The molecule has 4 N–H and O–H groups in total. The van der Waals surface area contributed by atoms with Gasteiger partial charge in [-0.05, 0) is 69.1 Å². The highest BCUT2D eigenvalue weighted by Gasteiger charge is 2.55. The average Bonchev–Trinajstić information content (AvgIpc) is 3.01. The number of nitrogens with one attached hydrogen (secondary N) is 1. The molecule has 7 nitrogen and oxygen atoms in total. The van der Waals surface area contributed by atoms with Crippen molar-refractivity contribution < 1.29 is 36.3 Å². The van der Waals surface area contributed by atoms with Gasteiger partial charge < -0.3 is 16.2 Å². The summed E-state index contributed by atoms with van der Waals surface area (Å²) in [7, 11) is -4.04. The maximum atomic E-state index is 13.6. The second-order valence-electron chi connectivity index (χ2n) is 10.2.